The van der Waals surface area contributed by atoms with Crippen molar-refractivity contribution in [1.82, 2.24) is 0 Å². The molecule has 1 heterocycles. The molecule has 0 saturated heterocycles. The van der Waals surface area contributed by atoms with Gasteiger partial charge in [-0.2, -0.15) is 0 Å². The summed E-state index contributed by atoms with van der Waals surface area (Å²) in [5.74, 6) is 1.28. The van der Waals surface area contributed by atoms with E-state index in [9.17, 15) is 0 Å². The van der Waals surface area contributed by atoms with Crippen LogP contribution in [0.25, 0.3) is 0 Å². The predicted octanol–water partition coefficient (Wildman–Crippen LogP) is 4.55. The van der Waals surface area contributed by atoms with Gasteiger partial charge in [0.1, 0.15) is 6.61 Å². The molecule has 0 bridgehead atoms. The van der Waals surface area contributed by atoms with Crippen molar-refractivity contribution in [2.45, 2.75) is 26.8 Å². The Morgan fingerprint density at radius 1 is 0.893 bits per heavy atom. The van der Waals surface area contributed by atoms with Gasteiger partial charge in [-0.3, -0.25) is 0 Å². The van der Waals surface area contributed by atoms with Gasteiger partial charge in [0.2, 0.25) is 5.90 Å². The molecule has 1 aliphatic heterocycles. The predicted molar refractivity (Wildman–Crippen MR) is 121 cm³/mol. The third-order valence-corrected chi connectivity index (χ3v) is 7.58. The maximum atomic E-state index is 6.08. The zero-order valence-corrected chi connectivity index (χ0v) is 17.6. The second-order valence-corrected chi connectivity index (χ2v) is 9.77. The van der Waals surface area contributed by atoms with Crippen molar-refractivity contribution >= 4 is 29.7 Å². The zero-order valence-electron chi connectivity index (χ0n) is 16.7. The molecule has 3 heteroatoms. The highest BCUT2D eigenvalue weighted by atomic mass is 31.1. The summed E-state index contributed by atoms with van der Waals surface area (Å²) in [7, 11) is -0.690. The smallest absolute Gasteiger partial charge is 0.217 e. The Kier molecular flexibility index (Phi) is 5.59. The number of aliphatic imine (C=N–C) groups is 1. The van der Waals surface area contributed by atoms with E-state index in [1.54, 1.807) is 0 Å². The van der Waals surface area contributed by atoms with Gasteiger partial charge >= 0.3 is 0 Å². The number of hydrogen-bond acceptors (Lipinski definition) is 2. The average Bonchev–Trinajstić information content (AvgIpc) is 3.20. The summed E-state index contributed by atoms with van der Waals surface area (Å²) >= 11 is 0. The van der Waals surface area contributed by atoms with E-state index in [1.165, 1.54) is 21.5 Å². The number of benzene rings is 3. The molecule has 0 spiro atoms. The van der Waals surface area contributed by atoms with E-state index < -0.39 is 7.92 Å². The van der Waals surface area contributed by atoms with Crippen molar-refractivity contribution in [3.8, 4) is 0 Å². The first kappa shape index (κ1) is 18.9. The van der Waals surface area contributed by atoms with Crippen molar-refractivity contribution in [3.05, 3.63) is 90.0 Å². The third kappa shape index (κ3) is 3.88. The lowest BCUT2D eigenvalue weighted by Crippen LogP contribution is -2.25. The maximum Gasteiger partial charge on any atom is 0.217 e. The fraction of sp³-hybridized carbons (Fsp3) is 0.240. The maximum absolute atomic E-state index is 6.08. The Morgan fingerprint density at radius 2 is 1.50 bits per heavy atom. The number of nitrogens with zero attached hydrogens (tertiary/aromatic N) is 1. The molecule has 0 saturated carbocycles. The zero-order chi connectivity index (χ0) is 19.5. The van der Waals surface area contributed by atoms with Gasteiger partial charge in [0.05, 0.1) is 6.04 Å². The fourth-order valence-electron chi connectivity index (χ4n) is 3.47. The highest BCUT2D eigenvalue weighted by Crippen LogP contribution is 2.35. The number of ether oxygens (including phenoxy) is 1. The highest BCUT2D eigenvalue weighted by Gasteiger charge is 2.27. The Balaban J connectivity index is 1.88. The molecule has 0 aromatic heterocycles. The number of aryl methyl sites for hydroxylation is 1. The molecule has 1 atom stereocenters. The molecule has 28 heavy (non-hydrogen) atoms. The van der Waals surface area contributed by atoms with Crippen molar-refractivity contribution in [2.24, 2.45) is 10.9 Å². The van der Waals surface area contributed by atoms with Gasteiger partial charge in [0.15, 0.2) is 0 Å². The highest BCUT2D eigenvalue weighted by molar-refractivity contribution is 7.80. The van der Waals surface area contributed by atoms with Crippen LogP contribution in [-0.4, -0.2) is 18.5 Å². The van der Waals surface area contributed by atoms with Crippen LogP contribution < -0.4 is 15.9 Å². The number of rotatable bonds is 5. The summed E-state index contributed by atoms with van der Waals surface area (Å²) in [5.41, 5.74) is 2.39. The minimum absolute atomic E-state index is 0.240. The molecule has 142 valence electrons. The molecule has 3 aromatic rings. The molecular formula is C25H26NOP. The van der Waals surface area contributed by atoms with Crippen LogP contribution in [-0.2, 0) is 4.74 Å². The van der Waals surface area contributed by atoms with Crippen LogP contribution in [0.4, 0.5) is 0 Å². The van der Waals surface area contributed by atoms with E-state index >= 15 is 0 Å². The molecule has 1 unspecified atom stereocenters. The molecular weight excluding hydrogens is 361 g/mol. The van der Waals surface area contributed by atoms with Crippen molar-refractivity contribution in [1.29, 1.82) is 0 Å². The summed E-state index contributed by atoms with van der Waals surface area (Å²) in [4.78, 5) is 4.92. The summed E-state index contributed by atoms with van der Waals surface area (Å²) in [6.07, 6.45) is 0. The van der Waals surface area contributed by atoms with Gasteiger partial charge in [0, 0.05) is 5.56 Å². The average molecular weight is 387 g/mol. The SMILES string of the molecule is Cc1ccc(C2=NC(C(C)C)CO2)c(P(c2ccccc2)c2ccccc2)c1. The standard InChI is InChI=1S/C25H26NOP/c1-18(2)23-17-27-25(26-23)22-15-14-19(3)16-24(22)28(20-10-6-4-7-11-20)21-12-8-5-9-13-21/h4-16,18,23H,17H2,1-3H3. The lowest BCUT2D eigenvalue weighted by atomic mass is 10.1. The van der Waals surface area contributed by atoms with E-state index in [0.717, 1.165) is 11.5 Å². The first-order valence-electron chi connectivity index (χ1n) is 9.85. The van der Waals surface area contributed by atoms with E-state index in [0.29, 0.717) is 12.5 Å². The molecule has 2 nitrogen and oxygen atoms in total. The van der Waals surface area contributed by atoms with Gasteiger partial charge in [-0.25, -0.2) is 4.99 Å². The quantitative estimate of drug-likeness (QED) is 0.589. The first-order chi connectivity index (χ1) is 13.6. The van der Waals surface area contributed by atoms with Crippen LogP contribution in [0.2, 0.25) is 0 Å². The minimum Gasteiger partial charge on any atom is -0.475 e. The Bertz CT molecular complexity index is 927. The van der Waals surface area contributed by atoms with Crippen LogP contribution in [0.15, 0.2) is 83.9 Å². The summed E-state index contributed by atoms with van der Waals surface area (Å²) in [6, 6.07) is 28.5. The molecule has 0 amide bonds. The number of hydrogen-bond donors (Lipinski definition) is 0. The lowest BCUT2D eigenvalue weighted by Gasteiger charge is -2.22. The van der Waals surface area contributed by atoms with Gasteiger partial charge in [0.25, 0.3) is 0 Å². The van der Waals surface area contributed by atoms with Crippen molar-refractivity contribution in [2.75, 3.05) is 6.61 Å². The molecule has 3 aromatic carbocycles. The second-order valence-electron chi connectivity index (χ2n) is 7.58. The molecule has 4 rings (SSSR count). The van der Waals surface area contributed by atoms with E-state index in [1.807, 2.05) is 0 Å². The van der Waals surface area contributed by atoms with Crippen molar-refractivity contribution < 1.29 is 4.74 Å². The van der Waals surface area contributed by atoms with Gasteiger partial charge < -0.3 is 4.74 Å². The van der Waals surface area contributed by atoms with Gasteiger partial charge in [-0.15, -0.1) is 0 Å². The second kappa shape index (κ2) is 8.29. The van der Waals surface area contributed by atoms with E-state index in [2.05, 4.69) is 99.6 Å². The molecule has 0 radical (unpaired) electrons. The van der Waals surface area contributed by atoms with Gasteiger partial charge in [-0.05, 0) is 42.7 Å². The summed E-state index contributed by atoms with van der Waals surface area (Å²) < 4.78 is 6.08. The fourth-order valence-corrected chi connectivity index (χ4v) is 6.01. The molecule has 0 N–H and O–H groups in total. The Labute approximate surface area is 169 Å². The van der Waals surface area contributed by atoms with E-state index in [-0.39, 0.29) is 6.04 Å². The summed E-state index contributed by atoms with van der Waals surface area (Å²) in [6.45, 7) is 7.24. The van der Waals surface area contributed by atoms with Crippen LogP contribution in [0.1, 0.15) is 25.0 Å². The monoisotopic (exact) mass is 387 g/mol. The van der Waals surface area contributed by atoms with Crippen LogP contribution in [0, 0.1) is 12.8 Å². The molecule has 0 fully saturated rings. The van der Waals surface area contributed by atoms with Crippen LogP contribution in [0.5, 0.6) is 0 Å². The normalized spacial score (nSPS) is 16.3. The summed E-state index contributed by atoms with van der Waals surface area (Å²) in [5, 5.41) is 4.00. The topological polar surface area (TPSA) is 21.6 Å². The minimum atomic E-state index is -0.690. The van der Waals surface area contributed by atoms with E-state index in [4.69, 9.17) is 9.73 Å². The van der Waals surface area contributed by atoms with Crippen LogP contribution >= 0.6 is 7.92 Å². The van der Waals surface area contributed by atoms with Crippen LogP contribution in [0.3, 0.4) is 0 Å². The largest absolute Gasteiger partial charge is 0.475 e. The lowest BCUT2D eigenvalue weighted by molar-refractivity contribution is 0.292. The molecule has 0 aliphatic carbocycles. The van der Waals surface area contributed by atoms with Crippen molar-refractivity contribution in [3.63, 3.8) is 0 Å². The van der Waals surface area contributed by atoms with Gasteiger partial charge in [-0.1, -0.05) is 92.2 Å². The molecule has 1 aliphatic rings. The first-order valence-corrected chi connectivity index (χ1v) is 11.2. The third-order valence-electron chi connectivity index (χ3n) is 5.10. The Hall–Kier alpha value is -2.44. The Morgan fingerprint density at radius 3 is 2.04 bits per heavy atom.